The molecule has 4 nitrogen and oxygen atoms in total. The Bertz CT molecular complexity index is 436. The number of aliphatic hydroxyl groups excluding tert-OH is 1. The molecule has 0 saturated heterocycles. The minimum Gasteiger partial charge on any atom is -0.397 e. The maximum atomic E-state index is 8.70. The van der Waals surface area contributed by atoms with Crippen LogP contribution in [0.5, 0.6) is 0 Å². The van der Waals surface area contributed by atoms with Gasteiger partial charge in [0.2, 0.25) is 0 Å². The second-order valence-corrected chi connectivity index (χ2v) is 3.10. The van der Waals surface area contributed by atoms with Crippen LogP contribution in [0.2, 0.25) is 0 Å². The first-order valence-corrected chi connectivity index (χ1v) is 4.53. The van der Waals surface area contributed by atoms with Crippen molar-refractivity contribution in [3.05, 3.63) is 30.5 Å². The molecule has 0 atom stereocenters. The number of aromatic nitrogens is 1. The molecule has 4 heteroatoms. The Balaban J connectivity index is 2.45. The summed E-state index contributed by atoms with van der Waals surface area (Å²) in [7, 11) is 0. The Kier molecular flexibility index (Phi) is 2.28. The average Bonchev–Trinajstić information content (AvgIpc) is 2.59. The molecule has 4 N–H and O–H groups in total. The first-order chi connectivity index (χ1) is 6.83. The Morgan fingerprint density at radius 2 is 2.21 bits per heavy atom. The van der Waals surface area contributed by atoms with E-state index in [1.807, 2.05) is 35.1 Å². The summed E-state index contributed by atoms with van der Waals surface area (Å²) in [6.07, 6.45) is 1.90. The van der Waals surface area contributed by atoms with E-state index in [2.05, 4.69) is 5.43 Å². The Morgan fingerprint density at radius 1 is 1.36 bits per heavy atom. The fourth-order valence-corrected chi connectivity index (χ4v) is 1.52. The lowest BCUT2D eigenvalue weighted by Crippen LogP contribution is -2.17. The number of nitrogens with two attached hydrogens (primary N) is 1. The van der Waals surface area contributed by atoms with Gasteiger partial charge in [-0.15, -0.1) is 0 Å². The highest BCUT2D eigenvalue weighted by atomic mass is 16.3. The van der Waals surface area contributed by atoms with Gasteiger partial charge in [0.15, 0.2) is 0 Å². The monoisotopic (exact) mass is 191 g/mol. The van der Waals surface area contributed by atoms with Crippen molar-refractivity contribution in [3.8, 4) is 0 Å². The molecule has 2 aromatic rings. The SMILES string of the molecule is Nc1cccc2ccn(NCCO)c12. The lowest BCUT2D eigenvalue weighted by Gasteiger charge is -2.08. The highest BCUT2D eigenvalue weighted by Gasteiger charge is 2.02. The van der Waals surface area contributed by atoms with Crippen LogP contribution in [0.15, 0.2) is 30.5 Å². The van der Waals surface area contributed by atoms with Crippen molar-refractivity contribution in [1.29, 1.82) is 0 Å². The van der Waals surface area contributed by atoms with E-state index in [1.54, 1.807) is 0 Å². The summed E-state index contributed by atoms with van der Waals surface area (Å²) < 4.78 is 1.83. The maximum Gasteiger partial charge on any atom is 0.0921 e. The minimum absolute atomic E-state index is 0.104. The number of aliphatic hydroxyl groups is 1. The van der Waals surface area contributed by atoms with Crippen molar-refractivity contribution in [2.24, 2.45) is 0 Å². The van der Waals surface area contributed by atoms with Gasteiger partial charge in [-0.05, 0) is 12.1 Å². The molecule has 74 valence electrons. The van der Waals surface area contributed by atoms with Gasteiger partial charge in [-0.3, -0.25) is 4.68 Å². The first kappa shape index (κ1) is 8.90. The summed E-state index contributed by atoms with van der Waals surface area (Å²) in [5.41, 5.74) is 10.6. The average molecular weight is 191 g/mol. The number of anilines is 1. The van der Waals surface area contributed by atoms with Crippen molar-refractivity contribution >= 4 is 16.6 Å². The topological polar surface area (TPSA) is 63.2 Å². The van der Waals surface area contributed by atoms with Crippen molar-refractivity contribution < 1.29 is 5.11 Å². The second kappa shape index (κ2) is 3.59. The van der Waals surface area contributed by atoms with Gasteiger partial charge in [0.1, 0.15) is 0 Å². The zero-order valence-electron chi connectivity index (χ0n) is 7.77. The predicted molar refractivity (Wildman–Crippen MR) is 57.7 cm³/mol. The molecule has 0 amide bonds. The third kappa shape index (κ3) is 1.40. The summed E-state index contributed by atoms with van der Waals surface area (Å²) in [4.78, 5) is 0. The van der Waals surface area contributed by atoms with E-state index in [0.29, 0.717) is 6.54 Å². The fraction of sp³-hybridized carbons (Fsp3) is 0.200. The van der Waals surface area contributed by atoms with E-state index in [4.69, 9.17) is 10.8 Å². The van der Waals surface area contributed by atoms with E-state index < -0.39 is 0 Å². The highest BCUT2D eigenvalue weighted by molar-refractivity contribution is 5.90. The van der Waals surface area contributed by atoms with Crippen LogP contribution in [0, 0.1) is 0 Å². The Hall–Kier alpha value is -1.68. The van der Waals surface area contributed by atoms with Crippen LogP contribution in [0.4, 0.5) is 5.69 Å². The van der Waals surface area contributed by atoms with Crippen LogP contribution >= 0.6 is 0 Å². The second-order valence-electron chi connectivity index (χ2n) is 3.10. The standard InChI is InChI=1S/C10H13N3O/c11-9-3-1-2-8-4-6-13(10(8)9)12-5-7-14/h1-4,6,12,14H,5,7,11H2. The molecule has 1 aromatic heterocycles. The zero-order chi connectivity index (χ0) is 9.97. The number of nitrogen functional groups attached to an aromatic ring is 1. The lowest BCUT2D eigenvalue weighted by molar-refractivity contribution is 0.307. The lowest BCUT2D eigenvalue weighted by atomic mass is 10.2. The molecule has 1 aromatic carbocycles. The Morgan fingerprint density at radius 3 is 3.00 bits per heavy atom. The zero-order valence-corrected chi connectivity index (χ0v) is 7.77. The number of hydrogen-bond acceptors (Lipinski definition) is 3. The molecule has 0 aliphatic heterocycles. The number of nitrogens with one attached hydrogen (secondary N) is 1. The van der Waals surface area contributed by atoms with Crippen LogP contribution in [-0.2, 0) is 0 Å². The summed E-state index contributed by atoms with van der Waals surface area (Å²) in [5, 5.41) is 9.79. The quantitative estimate of drug-likeness (QED) is 0.627. The largest absolute Gasteiger partial charge is 0.397 e. The van der Waals surface area contributed by atoms with Crippen LogP contribution in [0.3, 0.4) is 0 Å². The molecule has 0 aliphatic carbocycles. The number of hydrogen-bond donors (Lipinski definition) is 3. The molecule has 0 aliphatic rings. The van der Waals surface area contributed by atoms with Crippen molar-refractivity contribution in [2.45, 2.75) is 0 Å². The molecule has 14 heavy (non-hydrogen) atoms. The summed E-state index contributed by atoms with van der Waals surface area (Å²) in [5.74, 6) is 0. The molecule has 0 radical (unpaired) electrons. The summed E-state index contributed by atoms with van der Waals surface area (Å²) >= 11 is 0. The molecular formula is C10H13N3O. The number of rotatable bonds is 3. The molecular weight excluding hydrogens is 178 g/mol. The first-order valence-electron chi connectivity index (χ1n) is 4.53. The summed E-state index contributed by atoms with van der Waals surface area (Å²) in [6, 6.07) is 7.77. The van der Waals surface area contributed by atoms with E-state index in [0.717, 1.165) is 16.6 Å². The van der Waals surface area contributed by atoms with E-state index in [9.17, 15) is 0 Å². The minimum atomic E-state index is 0.104. The smallest absolute Gasteiger partial charge is 0.0921 e. The van der Waals surface area contributed by atoms with Gasteiger partial charge in [-0.2, -0.15) is 0 Å². The third-order valence-electron chi connectivity index (χ3n) is 2.14. The number of benzene rings is 1. The molecule has 1 heterocycles. The van der Waals surface area contributed by atoms with Crippen LogP contribution in [-0.4, -0.2) is 22.9 Å². The molecule has 0 bridgehead atoms. The van der Waals surface area contributed by atoms with Crippen LogP contribution < -0.4 is 11.2 Å². The molecule has 0 saturated carbocycles. The Labute approximate surface area is 81.9 Å². The molecule has 0 unspecified atom stereocenters. The third-order valence-corrected chi connectivity index (χ3v) is 2.14. The molecule has 0 fully saturated rings. The van der Waals surface area contributed by atoms with Gasteiger partial charge in [0.25, 0.3) is 0 Å². The van der Waals surface area contributed by atoms with Gasteiger partial charge in [0.05, 0.1) is 24.4 Å². The van der Waals surface area contributed by atoms with Gasteiger partial charge in [-0.25, -0.2) is 0 Å². The van der Waals surface area contributed by atoms with Gasteiger partial charge < -0.3 is 16.3 Å². The van der Waals surface area contributed by atoms with Crippen LogP contribution in [0.1, 0.15) is 0 Å². The van der Waals surface area contributed by atoms with Crippen molar-refractivity contribution in [3.63, 3.8) is 0 Å². The van der Waals surface area contributed by atoms with E-state index in [-0.39, 0.29) is 6.61 Å². The van der Waals surface area contributed by atoms with Gasteiger partial charge >= 0.3 is 0 Å². The highest BCUT2D eigenvalue weighted by Crippen LogP contribution is 2.20. The molecule has 2 rings (SSSR count). The normalized spacial score (nSPS) is 10.6. The van der Waals surface area contributed by atoms with Gasteiger partial charge in [0, 0.05) is 11.6 Å². The molecule has 0 spiro atoms. The van der Waals surface area contributed by atoms with Crippen molar-refractivity contribution in [1.82, 2.24) is 4.68 Å². The van der Waals surface area contributed by atoms with Crippen molar-refractivity contribution in [2.75, 3.05) is 24.3 Å². The predicted octanol–water partition coefficient (Wildman–Crippen LogP) is 0.759. The fourth-order valence-electron chi connectivity index (χ4n) is 1.52. The van der Waals surface area contributed by atoms with E-state index >= 15 is 0 Å². The summed E-state index contributed by atoms with van der Waals surface area (Å²) in [6.45, 7) is 0.616. The number of nitrogens with zero attached hydrogens (tertiary/aromatic N) is 1. The van der Waals surface area contributed by atoms with Gasteiger partial charge in [-0.1, -0.05) is 12.1 Å². The number of fused-ring (bicyclic) bond motifs is 1. The maximum absolute atomic E-state index is 8.70. The van der Waals surface area contributed by atoms with E-state index in [1.165, 1.54) is 0 Å². The number of para-hydroxylation sites is 1. The van der Waals surface area contributed by atoms with Crippen LogP contribution in [0.25, 0.3) is 10.9 Å².